The molecule has 1 amide bonds. The number of carbonyl (C=O) groups excluding carboxylic acids is 2. The highest BCUT2D eigenvalue weighted by Crippen LogP contribution is 2.20. The smallest absolute Gasteiger partial charge is 0.224 e. The molecular weight excluding hydrogens is 314 g/mol. The first-order chi connectivity index (χ1) is 12.0. The summed E-state index contributed by atoms with van der Waals surface area (Å²) in [7, 11) is 0. The maximum absolute atomic E-state index is 11.7. The number of ketones is 1. The van der Waals surface area contributed by atoms with Gasteiger partial charge in [0.1, 0.15) is 0 Å². The van der Waals surface area contributed by atoms with E-state index in [2.05, 4.69) is 16.7 Å². The minimum atomic E-state index is -0.0547. The van der Waals surface area contributed by atoms with Crippen LogP contribution in [-0.2, 0) is 11.3 Å². The van der Waals surface area contributed by atoms with Crippen molar-refractivity contribution in [3.63, 3.8) is 0 Å². The van der Waals surface area contributed by atoms with Gasteiger partial charge in [-0.1, -0.05) is 19.1 Å². The van der Waals surface area contributed by atoms with Crippen molar-refractivity contribution in [1.29, 1.82) is 5.26 Å². The van der Waals surface area contributed by atoms with E-state index >= 15 is 0 Å². The van der Waals surface area contributed by atoms with E-state index in [4.69, 9.17) is 5.26 Å². The number of amides is 1. The third kappa shape index (κ3) is 5.18. The quantitative estimate of drug-likeness (QED) is 0.746. The number of nitrogens with one attached hydrogen (secondary N) is 2. The Balaban J connectivity index is 2.05. The second-order valence-corrected chi connectivity index (χ2v) is 5.78. The van der Waals surface area contributed by atoms with E-state index in [1.54, 1.807) is 18.2 Å². The largest absolute Gasteiger partial charge is 0.380 e. The number of benzene rings is 2. The molecule has 2 aromatic rings. The Bertz CT molecular complexity index is 805. The third-order valence-electron chi connectivity index (χ3n) is 3.73. The molecule has 128 valence electrons. The fourth-order valence-corrected chi connectivity index (χ4v) is 2.42. The van der Waals surface area contributed by atoms with Crippen molar-refractivity contribution in [3.8, 4) is 6.07 Å². The number of carbonyl (C=O) groups is 2. The molecule has 0 saturated heterocycles. The van der Waals surface area contributed by atoms with Crippen molar-refractivity contribution in [2.24, 2.45) is 0 Å². The van der Waals surface area contributed by atoms with Crippen LogP contribution in [0.1, 0.15) is 48.2 Å². The lowest BCUT2D eigenvalue weighted by Crippen LogP contribution is -2.10. The number of hydrogen-bond donors (Lipinski definition) is 2. The zero-order valence-electron chi connectivity index (χ0n) is 14.4. The number of anilines is 2. The standard InChI is InChI=1S/C20H21N3O2/c1-3-4-20(25)23-17-8-5-15(6-9-17)13-22-19-11-16(12-21)7-10-18(19)14(2)24/h5-11,22H,3-4,13H2,1-2H3,(H,23,25). The molecule has 5 heteroatoms. The van der Waals surface area contributed by atoms with Gasteiger partial charge in [-0.2, -0.15) is 5.26 Å². The highest BCUT2D eigenvalue weighted by molar-refractivity contribution is 5.99. The van der Waals surface area contributed by atoms with Crippen LogP contribution in [0.15, 0.2) is 42.5 Å². The number of nitriles is 1. The highest BCUT2D eigenvalue weighted by Gasteiger charge is 2.08. The molecule has 0 aliphatic rings. The number of Topliss-reactive ketones (excluding diaryl/α,β-unsaturated/α-hetero) is 1. The summed E-state index contributed by atoms with van der Waals surface area (Å²) in [5.74, 6) is -0.0474. The molecule has 0 unspecified atom stereocenters. The van der Waals surface area contributed by atoms with Gasteiger partial charge in [0, 0.05) is 29.9 Å². The Hall–Kier alpha value is -3.13. The molecular formula is C20H21N3O2. The number of nitrogens with zero attached hydrogens (tertiary/aromatic N) is 1. The van der Waals surface area contributed by atoms with Gasteiger partial charge in [-0.15, -0.1) is 0 Å². The second kappa shape index (κ2) is 8.65. The Morgan fingerprint density at radius 2 is 1.84 bits per heavy atom. The zero-order valence-corrected chi connectivity index (χ0v) is 14.4. The summed E-state index contributed by atoms with van der Waals surface area (Å²) < 4.78 is 0. The van der Waals surface area contributed by atoms with Gasteiger partial charge in [0.2, 0.25) is 5.91 Å². The van der Waals surface area contributed by atoms with E-state index in [9.17, 15) is 9.59 Å². The average molecular weight is 335 g/mol. The van der Waals surface area contributed by atoms with Crippen LogP contribution < -0.4 is 10.6 Å². The maximum atomic E-state index is 11.7. The van der Waals surface area contributed by atoms with Gasteiger partial charge < -0.3 is 10.6 Å². The number of rotatable bonds is 7. The van der Waals surface area contributed by atoms with E-state index in [0.29, 0.717) is 29.8 Å². The molecule has 0 atom stereocenters. The van der Waals surface area contributed by atoms with E-state index in [1.165, 1.54) is 6.92 Å². The molecule has 0 radical (unpaired) electrons. The molecule has 2 rings (SSSR count). The minimum Gasteiger partial charge on any atom is -0.380 e. The van der Waals surface area contributed by atoms with Crippen LogP contribution in [-0.4, -0.2) is 11.7 Å². The van der Waals surface area contributed by atoms with Gasteiger partial charge in [0.15, 0.2) is 5.78 Å². The molecule has 0 fully saturated rings. The third-order valence-corrected chi connectivity index (χ3v) is 3.73. The molecule has 2 N–H and O–H groups in total. The zero-order chi connectivity index (χ0) is 18.2. The topological polar surface area (TPSA) is 82.0 Å². The first kappa shape index (κ1) is 18.2. The van der Waals surface area contributed by atoms with Gasteiger partial charge in [0.05, 0.1) is 11.6 Å². The Labute approximate surface area is 147 Å². The fourth-order valence-electron chi connectivity index (χ4n) is 2.42. The lowest BCUT2D eigenvalue weighted by molar-refractivity contribution is -0.116. The first-order valence-electron chi connectivity index (χ1n) is 8.21. The molecule has 0 aliphatic carbocycles. The van der Waals surface area contributed by atoms with Gasteiger partial charge in [-0.25, -0.2) is 0 Å². The molecule has 0 spiro atoms. The predicted molar refractivity (Wildman–Crippen MR) is 98.5 cm³/mol. The van der Waals surface area contributed by atoms with Crippen molar-refractivity contribution in [1.82, 2.24) is 0 Å². The SMILES string of the molecule is CCCC(=O)Nc1ccc(CNc2cc(C#N)ccc2C(C)=O)cc1. The molecule has 0 bridgehead atoms. The minimum absolute atomic E-state index is 0.00722. The number of hydrogen-bond acceptors (Lipinski definition) is 4. The van der Waals surface area contributed by atoms with Crippen LogP contribution in [0.4, 0.5) is 11.4 Å². The predicted octanol–water partition coefficient (Wildman–Crippen LogP) is 4.11. The lowest BCUT2D eigenvalue weighted by Gasteiger charge is -2.11. The first-order valence-corrected chi connectivity index (χ1v) is 8.21. The Morgan fingerprint density at radius 1 is 1.12 bits per heavy atom. The molecule has 0 aromatic heterocycles. The summed E-state index contributed by atoms with van der Waals surface area (Å²) in [6, 6.07) is 14.6. The van der Waals surface area contributed by atoms with Gasteiger partial charge >= 0.3 is 0 Å². The van der Waals surface area contributed by atoms with Crippen molar-refractivity contribution in [3.05, 3.63) is 59.2 Å². The van der Waals surface area contributed by atoms with Crippen LogP contribution in [0, 0.1) is 11.3 Å². The van der Waals surface area contributed by atoms with Crippen LogP contribution in [0.3, 0.4) is 0 Å². The maximum Gasteiger partial charge on any atom is 0.224 e. The van der Waals surface area contributed by atoms with Crippen LogP contribution >= 0.6 is 0 Å². The fraction of sp³-hybridized carbons (Fsp3) is 0.250. The Kier molecular flexibility index (Phi) is 6.30. The van der Waals surface area contributed by atoms with Crippen molar-refractivity contribution >= 4 is 23.1 Å². The van der Waals surface area contributed by atoms with E-state index < -0.39 is 0 Å². The van der Waals surface area contributed by atoms with Gasteiger partial charge in [0.25, 0.3) is 0 Å². The van der Waals surface area contributed by atoms with E-state index in [0.717, 1.165) is 17.7 Å². The van der Waals surface area contributed by atoms with E-state index in [1.807, 2.05) is 31.2 Å². The van der Waals surface area contributed by atoms with Gasteiger partial charge in [-0.3, -0.25) is 9.59 Å². The van der Waals surface area contributed by atoms with Crippen LogP contribution in [0.25, 0.3) is 0 Å². The highest BCUT2D eigenvalue weighted by atomic mass is 16.1. The summed E-state index contributed by atoms with van der Waals surface area (Å²) >= 11 is 0. The summed E-state index contributed by atoms with van der Waals surface area (Å²) in [6.07, 6.45) is 1.32. The van der Waals surface area contributed by atoms with Crippen LogP contribution in [0.5, 0.6) is 0 Å². The monoisotopic (exact) mass is 335 g/mol. The molecule has 0 aliphatic heterocycles. The molecule has 2 aromatic carbocycles. The average Bonchev–Trinajstić information content (AvgIpc) is 2.61. The summed E-state index contributed by atoms with van der Waals surface area (Å²) in [4.78, 5) is 23.3. The van der Waals surface area contributed by atoms with Crippen molar-refractivity contribution < 1.29 is 9.59 Å². The molecule has 0 saturated carbocycles. The summed E-state index contributed by atoms with van der Waals surface area (Å²) in [5.41, 5.74) is 3.47. The summed E-state index contributed by atoms with van der Waals surface area (Å²) in [6.45, 7) is 3.98. The molecule has 0 heterocycles. The lowest BCUT2D eigenvalue weighted by atomic mass is 10.1. The van der Waals surface area contributed by atoms with Crippen LogP contribution in [0.2, 0.25) is 0 Å². The normalized spacial score (nSPS) is 9.96. The second-order valence-electron chi connectivity index (χ2n) is 5.78. The van der Waals surface area contributed by atoms with Crippen molar-refractivity contribution in [2.45, 2.75) is 33.2 Å². The van der Waals surface area contributed by atoms with Gasteiger partial charge in [-0.05, 0) is 49.2 Å². The molecule has 25 heavy (non-hydrogen) atoms. The summed E-state index contributed by atoms with van der Waals surface area (Å²) in [5, 5.41) is 15.1. The van der Waals surface area contributed by atoms with Crippen molar-refractivity contribution in [2.75, 3.05) is 10.6 Å². The van der Waals surface area contributed by atoms with E-state index in [-0.39, 0.29) is 11.7 Å². The Morgan fingerprint density at radius 3 is 2.44 bits per heavy atom. The molecule has 5 nitrogen and oxygen atoms in total.